The number of aryl methyl sites for hydroxylation is 1. The Hall–Kier alpha value is -1.67. The molecule has 0 aliphatic carbocycles. The lowest BCUT2D eigenvalue weighted by molar-refractivity contribution is 0.918. The van der Waals surface area contributed by atoms with Crippen molar-refractivity contribution in [2.45, 2.75) is 13.5 Å². The molecule has 0 radical (unpaired) electrons. The average Bonchev–Trinajstić information content (AvgIpc) is 2.32. The summed E-state index contributed by atoms with van der Waals surface area (Å²) in [6.07, 6.45) is 0. The molecule has 0 bridgehead atoms. The Bertz CT molecular complexity index is 552. The smallest absolute Gasteiger partial charge is 0.0455 e. The van der Waals surface area contributed by atoms with Crippen LogP contribution in [-0.2, 0) is 6.54 Å². The average molecular weight is 261 g/mol. The summed E-state index contributed by atoms with van der Waals surface area (Å²) in [6.45, 7) is 2.85. The fraction of sp³-hybridized carbons (Fsp3) is 0.200. The minimum atomic E-state index is 0.782. The zero-order chi connectivity index (χ0) is 13.1. The zero-order valence-corrected chi connectivity index (χ0v) is 11.4. The van der Waals surface area contributed by atoms with Gasteiger partial charge in [0, 0.05) is 30.0 Å². The SMILES string of the molecule is Cc1cc(N)ccc1N(C)Cc1ccccc1Cl. The van der Waals surface area contributed by atoms with Gasteiger partial charge in [0.05, 0.1) is 0 Å². The van der Waals surface area contributed by atoms with Crippen molar-refractivity contribution in [3.8, 4) is 0 Å². The molecule has 2 rings (SSSR count). The van der Waals surface area contributed by atoms with Crippen LogP contribution in [0.25, 0.3) is 0 Å². The molecular formula is C15H17ClN2. The molecule has 2 aromatic rings. The van der Waals surface area contributed by atoms with Crippen molar-refractivity contribution < 1.29 is 0 Å². The molecule has 0 fully saturated rings. The van der Waals surface area contributed by atoms with E-state index in [2.05, 4.69) is 18.9 Å². The third-order valence-corrected chi connectivity index (χ3v) is 3.37. The van der Waals surface area contributed by atoms with Crippen LogP contribution in [0.3, 0.4) is 0 Å². The first-order valence-electron chi connectivity index (χ1n) is 5.88. The Morgan fingerprint density at radius 2 is 1.89 bits per heavy atom. The maximum Gasteiger partial charge on any atom is 0.0455 e. The molecule has 0 atom stereocenters. The zero-order valence-electron chi connectivity index (χ0n) is 10.7. The molecule has 0 heterocycles. The molecule has 0 aromatic heterocycles. The Labute approximate surface area is 113 Å². The van der Waals surface area contributed by atoms with Crippen LogP contribution in [0.4, 0.5) is 11.4 Å². The molecule has 0 spiro atoms. The standard InChI is InChI=1S/C15H17ClN2/c1-11-9-13(17)7-8-15(11)18(2)10-12-5-3-4-6-14(12)16/h3-9H,10,17H2,1-2H3. The molecule has 0 amide bonds. The molecule has 0 aliphatic rings. The van der Waals surface area contributed by atoms with Crippen molar-refractivity contribution in [3.63, 3.8) is 0 Å². The number of rotatable bonds is 3. The summed E-state index contributed by atoms with van der Waals surface area (Å²) in [7, 11) is 2.06. The second kappa shape index (κ2) is 5.32. The summed E-state index contributed by atoms with van der Waals surface area (Å²) in [4.78, 5) is 2.18. The fourth-order valence-corrected chi connectivity index (χ4v) is 2.27. The number of hydrogen-bond donors (Lipinski definition) is 1. The third-order valence-electron chi connectivity index (χ3n) is 3.00. The Balaban J connectivity index is 2.22. The predicted molar refractivity (Wildman–Crippen MR) is 79.2 cm³/mol. The molecule has 18 heavy (non-hydrogen) atoms. The number of nitrogens with zero attached hydrogens (tertiary/aromatic N) is 1. The van der Waals surface area contributed by atoms with Crippen LogP contribution in [0.2, 0.25) is 5.02 Å². The van der Waals surface area contributed by atoms with Gasteiger partial charge < -0.3 is 10.6 Å². The van der Waals surface area contributed by atoms with Crippen LogP contribution in [0, 0.1) is 6.92 Å². The summed E-state index contributed by atoms with van der Waals surface area (Å²) >= 11 is 6.17. The van der Waals surface area contributed by atoms with Crippen LogP contribution in [0.1, 0.15) is 11.1 Å². The van der Waals surface area contributed by atoms with E-state index in [1.54, 1.807) is 0 Å². The quantitative estimate of drug-likeness (QED) is 0.849. The first-order chi connectivity index (χ1) is 8.58. The number of nitrogens with two attached hydrogens (primary N) is 1. The minimum absolute atomic E-state index is 0.782. The van der Waals surface area contributed by atoms with Crippen molar-refractivity contribution in [2.75, 3.05) is 17.7 Å². The molecule has 3 heteroatoms. The second-order valence-electron chi connectivity index (χ2n) is 4.49. The van der Waals surface area contributed by atoms with Crippen molar-refractivity contribution in [2.24, 2.45) is 0 Å². The van der Waals surface area contributed by atoms with E-state index in [-0.39, 0.29) is 0 Å². The second-order valence-corrected chi connectivity index (χ2v) is 4.90. The lowest BCUT2D eigenvalue weighted by Crippen LogP contribution is -2.17. The highest BCUT2D eigenvalue weighted by molar-refractivity contribution is 6.31. The van der Waals surface area contributed by atoms with Crippen LogP contribution in [-0.4, -0.2) is 7.05 Å². The van der Waals surface area contributed by atoms with Gasteiger partial charge in [-0.25, -0.2) is 0 Å². The molecule has 2 aromatic carbocycles. The van der Waals surface area contributed by atoms with E-state index < -0.39 is 0 Å². The molecule has 2 nitrogen and oxygen atoms in total. The predicted octanol–water partition coefficient (Wildman–Crippen LogP) is 3.87. The van der Waals surface area contributed by atoms with Gasteiger partial charge in [-0.05, 0) is 42.3 Å². The van der Waals surface area contributed by atoms with E-state index in [0.717, 1.165) is 22.8 Å². The van der Waals surface area contributed by atoms with Gasteiger partial charge in [-0.1, -0.05) is 29.8 Å². The van der Waals surface area contributed by atoms with Gasteiger partial charge >= 0.3 is 0 Å². The minimum Gasteiger partial charge on any atom is -0.399 e. The number of nitrogen functional groups attached to an aromatic ring is 1. The molecule has 0 saturated heterocycles. The lowest BCUT2D eigenvalue weighted by Gasteiger charge is -2.22. The van der Waals surface area contributed by atoms with E-state index in [9.17, 15) is 0 Å². The van der Waals surface area contributed by atoms with E-state index in [4.69, 9.17) is 17.3 Å². The fourth-order valence-electron chi connectivity index (χ4n) is 2.07. The molecule has 2 N–H and O–H groups in total. The summed E-state index contributed by atoms with van der Waals surface area (Å²) in [5.74, 6) is 0. The first kappa shape index (κ1) is 12.8. The van der Waals surface area contributed by atoms with Gasteiger partial charge in [-0.2, -0.15) is 0 Å². The van der Waals surface area contributed by atoms with Gasteiger partial charge in [0.2, 0.25) is 0 Å². The van der Waals surface area contributed by atoms with Gasteiger partial charge in [-0.15, -0.1) is 0 Å². The topological polar surface area (TPSA) is 29.3 Å². The van der Waals surface area contributed by atoms with Crippen LogP contribution in [0.15, 0.2) is 42.5 Å². The van der Waals surface area contributed by atoms with Crippen LogP contribution < -0.4 is 10.6 Å². The monoisotopic (exact) mass is 260 g/mol. The van der Waals surface area contributed by atoms with E-state index in [0.29, 0.717) is 0 Å². The normalized spacial score (nSPS) is 10.4. The molecule has 0 unspecified atom stereocenters. The van der Waals surface area contributed by atoms with Crippen molar-refractivity contribution in [1.82, 2.24) is 0 Å². The number of hydrogen-bond acceptors (Lipinski definition) is 2. The van der Waals surface area contributed by atoms with Crippen molar-refractivity contribution in [1.29, 1.82) is 0 Å². The summed E-state index contributed by atoms with van der Waals surface area (Å²) in [5, 5.41) is 0.803. The van der Waals surface area contributed by atoms with Gasteiger partial charge in [-0.3, -0.25) is 0 Å². The highest BCUT2D eigenvalue weighted by atomic mass is 35.5. The lowest BCUT2D eigenvalue weighted by atomic mass is 10.1. The number of halogens is 1. The van der Waals surface area contributed by atoms with Gasteiger partial charge in [0.15, 0.2) is 0 Å². The van der Waals surface area contributed by atoms with Gasteiger partial charge in [0.25, 0.3) is 0 Å². The summed E-state index contributed by atoms with van der Waals surface area (Å²) in [5.41, 5.74) is 10.0. The number of anilines is 2. The summed E-state index contributed by atoms with van der Waals surface area (Å²) < 4.78 is 0. The molecule has 94 valence electrons. The first-order valence-corrected chi connectivity index (χ1v) is 6.26. The van der Waals surface area contributed by atoms with Crippen LogP contribution in [0.5, 0.6) is 0 Å². The summed E-state index contributed by atoms with van der Waals surface area (Å²) in [6, 6.07) is 13.9. The maximum atomic E-state index is 6.17. The maximum absolute atomic E-state index is 6.17. The highest BCUT2D eigenvalue weighted by Gasteiger charge is 2.07. The van der Waals surface area contributed by atoms with Gasteiger partial charge in [0.1, 0.15) is 0 Å². The largest absolute Gasteiger partial charge is 0.399 e. The Morgan fingerprint density at radius 3 is 2.56 bits per heavy atom. The highest BCUT2D eigenvalue weighted by Crippen LogP contribution is 2.24. The van der Waals surface area contributed by atoms with Crippen molar-refractivity contribution in [3.05, 3.63) is 58.6 Å². The van der Waals surface area contributed by atoms with E-state index >= 15 is 0 Å². The Morgan fingerprint density at radius 1 is 1.17 bits per heavy atom. The van der Waals surface area contributed by atoms with Crippen molar-refractivity contribution >= 4 is 23.0 Å². The Kier molecular flexibility index (Phi) is 3.78. The van der Waals surface area contributed by atoms with E-state index in [1.807, 2.05) is 42.5 Å². The van der Waals surface area contributed by atoms with Crippen LogP contribution >= 0.6 is 11.6 Å². The number of benzene rings is 2. The molecule has 0 aliphatic heterocycles. The third kappa shape index (κ3) is 2.77. The molecule has 0 saturated carbocycles. The van der Waals surface area contributed by atoms with E-state index in [1.165, 1.54) is 11.3 Å². The molecular weight excluding hydrogens is 244 g/mol.